The summed E-state index contributed by atoms with van der Waals surface area (Å²) in [7, 11) is 0. The molecule has 23 heavy (non-hydrogen) atoms. The van der Waals surface area contributed by atoms with Crippen molar-refractivity contribution in [2.45, 2.75) is 19.4 Å². The van der Waals surface area contributed by atoms with E-state index in [1.54, 1.807) is 30.3 Å². The number of carbonyl (C=O) groups excluding carboxylic acids is 2. The highest BCUT2D eigenvalue weighted by molar-refractivity contribution is 6.36. The number of nitrogens with one attached hydrogen (secondary N) is 1. The summed E-state index contributed by atoms with van der Waals surface area (Å²) in [6.07, 6.45) is 0.0890. The molecule has 2 amide bonds. The molecule has 0 saturated carbocycles. The third kappa shape index (κ3) is 3.19. The highest BCUT2D eigenvalue weighted by Crippen LogP contribution is 2.29. The Labute approximate surface area is 144 Å². The first-order chi connectivity index (χ1) is 11.0. The molecule has 4 nitrogen and oxygen atoms in total. The second-order valence-electron chi connectivity index (χ2n) is 5.43. The number of aryl methyl sites for hydroxylation is 1. The maximum absolute atomic E-state index is 12.6. The summed E-state index contributed by atoms with van der Waals surface area (Å²) >= 11 is 12.0. The van der Waals surface area contributed by atoms with Gasteiger partial charge in [0.15, 0.2) is 0 Å². The molecule has 1 heterocycles. The van der Waals surface area contributed by atoms with Crippen LogP contribution >= 0.6 is 23.2 Å². The summed E-state index contributed by atoms with van der Waals surface area (Å²) in [4.78, 5) is 26.0. The molecule has 1 N–H and O–H groups in total. The molecule has 118 valence electrons. The van der Waals surface area contributed by atoms with Gasteiger partial charge in [-0.3, -0.25) is 9.59 Å². The molecule has 2 aromatic rings. The van der Waals surface area contributed by atoms with E-state index in [1.165, 1.54) is 4.90 Å². The van der Waals surface area contributed by atoms with Crippen LogP contribution in [0.25, 0.3) is 0 Å². The van der Waals surface area contributed by atoms with Crippen LogP contribution in [0.1, 0.15) is 12.0 Å². The lowest BCUT2D eigenvalue weighted by molar-refractivity contribution is -0.121. The molecule has 0 unspecified atom stereocenters. The molecule has 2 aromatic carbocycles. The molecule has 0 bridgehead atoms. The van der Waals surface area contributed by atoms with Crippen LogP contribution in [0.5, 0.6) is 0 Å². The normalized spacial score (nSPS) is 17.7. The summed E-state index contributed by atoms with van der Waals surface area (Å²) < 4.78 is 0. The van der Waals surface area contributed by atoms with Gasteiger partial charge in [-0.1, -0.05) is 40.9 Å². The van der Waals surface area contributed by atoms with Crippen molar-refractivity contribution < 1.29 is 9.59 Å². The van der Waals surface area contributed by atoms with Crippen LogP contribution in [-0.2, 0) is 9.59 Å². The summed E-state index contributed by atoms with van der Waals surface area (Å²) in [6.45, 7) is 1.95. The van der Waals surface area contributed by atoms with Gasteiger partial charge in [-0.2, -0.15) is 0 Å². The number of amides is 2. The van der Waals surface area contributed by atoms with E-state index < -0.39 is 6.04 Å². The van der Waals surface area contributed by atoms with Gasteiger partial charge in [-0.25, -0.2) is 4.90 Å². The van der Waals surface area contributed by atoms with Crippen molar-refractivity contribution in [3.05, 3.63) is 58.1 Å². The van der Waals surface area contributed by atoms with Gasteiger partial charge in [0.05, 0.1) is 22.8 Å². The number of hydrogen-bond donors (Lipinski definition) is 1. The van der Waals surface area contributed by atoms with Gasteiger partial charge in [0.1, 0.15) is 6.04 Å². The molecule has 3 rings (SSSR count). The summed E-state index contributed by atoms with van der Waals surface area (Å²) in [5.74, 6) is -0.522. The predicted octanol–water partition coefficient (Wildman–Crippen LogP) is 4.05. The maximum atomic E-state index is 12.6. The number of carbonyl (C=O) groups is 2. The van der Waals surface area contributed by atoms with E-state index in [2.05, 4.69) is 5.32 Å². The van der Waals surface area contributed by atoms with Crippen molar-refractivity contribution in [2.75, 3.05) is 10.2 Å². The Morgan fingerprint density at radius 2 is 1.78 bits per heavy atom. The van der Waals surface area contributed by atoms with E-state index in [9.17, 15) is 9.59 Å². The Bertz CT molecular complexity index is 775. The monoisotopic (exact) mass is 348 g/mol. The quantitative estimate of drug-likeness (QED) is 0.851. The number of imide groups is 1. The van der Waals surface area contributed by atoms with Gasteiger partial charge in [0.25, 0.3) is 5.91 Å². The molecule has 1 saturated heterocycles. The summed E-state index contributed by atoms with van der Waals surface area (Å²) in [5, 5.41) is 3.94. The molecule has 0 spiro atoms. The maximum Gasteiger partial charge on any atom is 0.256 e. The molecule has 1 aliphatic heterocycles. The highest BCUT2D eigenvalue weighted by Gasteiger charge is 2.39. The molecular weight excluding hydrogens is 335 g/mol. The number of hydrogen-bond acceptors (Lipinski definition) is 3. The molecule has 0 aliphatic carbocycles. The summed E-state index contributed by atoms with van der Waals surface area (Å²) in [5.41, 5.74) is 2.22. The predicted molar refractivity (Wildman–Crippen MR) is 92.2 cm³/mol. The Morgan fingerprint density at radius 3 is 2.43 bits per heavy atom. The van der Waals surface area contributed by atoms with Crippen molar-refractivity contribution >= 4 is 46.4 Å². The minimum absolute atomic E-state index is 0.0890. The first kappa shape index (κ1) is 15.8. The number of rotatable bonds is 3. The van der Waals surface area contributed by atoms with Crippen LogP contribution in [0.15, 0.2) is 42.5 Å². The topological polar surface area (TPSA) is 49.4 Å². The molecular formula is C17H14Cl2N2O2. The van der Waals surface area contributed by atoms with Crippen molar-refractivity contribution in [1.29, 1.82) is 0 Å². The van der Waals surface area contributed by atoms with Gasteiger partial charge in [-0.15, -0.1) is 0 Å². The van der Waals surface area contributed by atoms with Crippen molar-refractivity contribution in [3.8, 4) is 0 Å². The number of halogens is 2. The smallest absolute Gasteiger partial charge is 0.256 e. The minimum atomic E-state index is -0.637. The lowest BCUT2D eigenvalue weighted by Crippen LogP contribution is -2.34. The fraction of sp³-hybridized carbons (Fsp3) is 0.176. The number of anilines is 2. The first-order valence-electron chi connectivity index (χ1n) is 7.11. The molecule has 0 radical (unpaired) electrons. The van der Waals surface area contributed by atoms with Gasteiger partial charge < -0.3 is 5.32 Å². The van der Waals surface area contributed by atoms with Gasteiger partial charge in [0, 0.05) is 5.02 Å². The fourth-order valence-electron chi connectivity index (χ4n) is 2.50. The van der Waals surface area contributed by atoms with E-state index in [4.69, 9.17) is 23.2 Å². The molecule has 1 aliphatic rings. The molecule has 6 heteroatoms. The van der Waals surface area contributed by atoms with Crippen LogP contribution in [0.2, 0.25) is 10.0 Å². The van der Waals surface area contributed by atoms with Crippen LogP contribution in [-0.4, -0.2) is 17.9 Å². The zero-order chi connectivity index (χ0) is 16.6. The first-order valence-corrected chi connectivity index (χ1v) is 7.86. The fourth-order valence-corrected chi connectivity index (χ4v) is 2.97. The third-order valence-electron chi connectivity index (χ3n) is 3.70. The Balaban J connectivity index is 1.82. The number of benzene rings is 2. The van der Waals surface area contributed by atoms with E-state index in [-0.39, 0.29) is 18.2 Å². The van der Waals surface area contributed by atoms with Gasteiger partial charge in [-0.05, 0) is 37.3 Å². The van der Waals surface area contributed by atoms with E-state index in [0.29, 0.717) is 21.4 Å². The number of nitrogens with zero attached hydrogens (tertiary/aromatic N) is 1. The molecule has 0 aromatic heterocycles. The Hall–Kier alpha value is -2.04. The lowest BCUT2D eigenvalue weighted by atomic mass is 10.2. The summed E-state index contributed by atoms with van der Waals surface area (Å²) in [6, 6.07) is 11.6. The Morgan fingerprint density at radius 1 is 1.09 bits per heavy atom. The minimum Gasteiger partial charge on any atom is -0.372 e. The van der Waals surface area contributed by atoms with E-state index in [1.807, 2.05) is 19.1 Å². The average molecular weight is 349 g/mol. The van der Waals surface area contributed by atoms with Crippen molar-refractivity contribution in [2.24, 2.45) is 0 Å². The standard InChI is InChI=1S/C17H14Cl2N2O2/c1-10-2-5-12(6-3-10)21-16(22)9-15(17(21)23)20-14-7-4-11(18)8-13(14)19/h2-8,15,20H,9H2,1H3/t15-/m1/s1. The SMILES string of the molecule is Cc1ccc(N2C(=O)C[C@@H](Nc3ccc(Cl)cc3Cl)C2=O)cc1. The second-order valence-corrected chi connectivity index (χ2v) is 6.27. The zero-order valence-corrected chi connectivity index (χ0v) is 13.9. The second kappa shape index (κ2) is 6.22. The van der Waals surface area contributed by atoms with Gasteiger partial charge >= 0.3 is 0 Å². The lowest BCUT2D eigenvalue weighted by Gasteiger charge is -2.17. The van der Waals surface area contributed by atoms with Crippen LogP contribution < -0.4 is 10.2 Å². The van der Waals surface area contributed by atoms with Crippen LogP contribution in [0.4, 0.5) is 11.4 Å². The van der Waals surface area contributed by atoms with Crippen molar-refractivity contribution in [3.63, 3.8) is 0 Å². The average Bonchev–Trinajstić information content (AvgIpc) is 2.78. The van der Waals surface area contributed by atoms with Crippen molar-refractivity contribution in [1.82, 2.24) is 0 Å². The molecule has 1 fully saturated rings. The zero-order valence-electron chi connectivity index (χ0n) is 12.3. The van der Waals surface area contributed by atoms with E-state index in [0.717, 1.165) is 5.56 Å². The van der Waals surface area contributed by atoms with E-state index >= 15 is 0 Å². The highest BCUT2D eigenvalue weighted by atomic mass is 35.5. The molecule has 1 atom stereocenters. The van der Waals surface area contributed by atoms with Crippen LogP contribution in [0, 0.1) is 6.92 Å². The van der Waals surface area contributed by atoms with Crippen LogP contribution in [0.3, 0.4) is 0 Å². The largest absolute Gasteiger partial charge is 0.372 e. The third-order valence-corrected chi connectivity index (χ3v) is 4.25. The Kier molecular flexibility index (Phi) is 4.28. The van der Waals surface area contributed by atoms with Gasteiger partial charge in [0.2, 0.25) is 5.91 Å².